The third-order valence-corrected chi connectivity index (χ3v) is 4.53. The number of benzene rings is 3. The van der Waals surface area contributed by atoms with Gasteiger partial charge in [0.2, 0.25) is 0 Å². The first-order valence-electron chi connectivity index (χ1n) is 9.81. The Labute approximate surface area is 163 Å². The van der Waals surface area contributed by atoms with Gasteiger partial charge in [-0.15, -0.1) is 0 Å². The minimum atomic E-state index is 0.229. The lowest BCUT2D eigenvalue weighted by Crippen LogP contribution is -2.10. The summed E-state index contributed by atoms with van der Waals surface area (Å²) in [5, 5.41) is 6.94. The summed E-state index contributed by atoms with van der Waals surface area (Å²) in [4.78, 5) is 0. The van der Waals surface area contributed by atoms with Crippen molar-refractivity contribution in [2.24, 2.45) is 0 Å². The lowest BCUT2D eigenvalue weighted by Gasteiger charge is -2.20. The molecule has 0 aliphatic carbocycles. The van der Waals surface area contributed by atoms with Gasteiger partial charge >= 0.3 is 0 Å². The molecule has 3 rings (SSSR count). The zero-order chi connectivity index (χ0) is 19.2. The Kier molecular flexibility index (Phi) is 6.18. The van der Waals surface area contributed by atoms with Crippen LogP contribution in [-0.4, -0.2) is 12.1 Å². The molecule has 0 amide bonds. The van der Waals surface area contributed by atoms with Gasteiger partial charge < -0.3 is 10.6 Å². The molecule has 0 aromatic heterocycles. The van der Waals surface area contributed by atoms with Crippen molar-refractivity contribution in [2.45, 2.75) is 45.7 Å². The second kappa shape index (κ2) is 8.77. The standard InChI is InChI=1S/C25H30N2/c1-18(2)26-23-14-10-21(11-15-23)25(20-8-6-5-7-9-20)22-12-16-24(17-13-22)27-19(3)4/h5-19,25-27H,1-4H3. The molecule has 0 fully saturated rings. The van der Waals surface area contributed by atoms with Gasteiger partial charge in [0.05, 0.1) is 0 Å². The summed E-state index contributed by atoms with van der Waals surface area (Å²) in [6.45, 7) is 8.64. The van der Waals surface area contributed by atoms with Crippen LogP contribution in [0.4, 0.5) is 11.4 Å². The van der Waals surface area contributed by atoms with Crippen molar-refractivity contribution in [3.05, 3.63) is 95.6 Å². The first-order chi connectivity index (χ1) is 13.0. The minimum absolute atomic E-state index is 0.229. The molecule has 3 aromatic carbocycles. The van der Waals surface area contributed by atoms with Crippen LogP contribution in [0.5, 0.6) is 0 Å². The molecule has 0 atom stereocenters. The summed E-state index contributed by atoms with van der Waals surface area (Å²) in [6, 6.07) is 29.3. The van der Waals surface area contributed by atoms with Gasteiger partial charge in [0.15, 0.2) is 0 Å². The Hall–Kier alpha value is -2.74. The molecule has 2 nitrogen and oxygen atoms in total. The Bertz CT molecular complexity index is 765. The predicted molar refractivity (Wildman–Crippen MR) is 118 cm³/mol. The zero-order valence-electron chi connectivity index (χ0n) is 16.7. The van der Waals surface area contributed by atoms with Crippen LogP contribution in [0.1, 0.15) is 50.3 Å². The van der Waals surface area contributed by atoms with Gasteiger partial charge in [-0.05, 0) is 68.7 Å². The van der Waals surface area contributed by atoms with E-state index >= 15 is 0 Å². The summed E-state index contributed by atoms with van der Waals surface area (Å²) >= 11 is 0. The maximum absolute atomic E-state index is 3.47. The third kappa shape index (κ3) is 5.13. The van der Waals surface area contributed by atoms with Crippen LogP contribution in [0.15, 0.2) is 78.9 Å². The smallest absolute Gasteiger partial charge is 0.0342 e. The summed E-state index contributed by atoms with van der Waals surface area (Å²) < 4.78 is 0. The lowest BCUT2D eigenvalue weighted by atomic mass is 9.85. The van der Waals surface area contributed by atoms with E-state index in [9.17, 15) is 0 Å². The maximum Gasteiger partial charge on any atom is 0.0342 e. The third-order valence-electron chi connectivity index (χ3n) is 4.53. The molecule has 2 N–H and O–H groups in total. The second-order valence-electron chi connectivity index (χ2n) is 7.69. The van der Waals surface area contributed by atoms with E-state index in [0.29, 0.717) is 12.1 Å². The number of nitrogens with one attached hydrogen (secondary N) is 2. The number of anilines is 2. The highest BCUT2D eigenvalue weighted by Crippen LogP contribution is 2.33. The highest BCUT2D eigenvalue weighted by atomic mass is 14.9. The van der Waals surface area contributed by atoms with E-state index in [-0.39, 0.29) is 5.92 Å². The van der Waals surface area contributed by atoms with E-state index in [1.807, 2.05) is 0 Å². The summed E-state index contributed by atoms with van der Waals surface area (Å²) in [5.74, 6) is 0.229. The number of hydrogen-bond donors (Lipinski definition) is 2. The maximum atomic E-state index is 3.47. The van der Waals surface area contributed by atoms with Crippen LogP contribution in [-0.2, 0) is 0 Å². The van der Waals surface area contributed by atoms with Crippen LogP contribution in [0.25, 0.3) is 0 Å². The van der Waals surface area contributed by atoms with Crippen molar-refractivity contribution in [3.63, 3.8) is 0 Å². The lowest BCUT2D eigenvalue weighted by molar-refractivity contribution is 0.897. The molecule has 0 saturated carbocycles. The fourth-order valence-corrected chi connectivity index (χ4v) is 3.43. The fourth-order valence-electron chi connectivity index (χ4n) is 3.43. The molecule has 0 heterocycles. The molecule has 2 heteroatoms. The molecular formula is C25H30N2. The van der Waals surface area contributed by atoms with E-state index in [4.69, 9.17) is 0 Å². The van der Waals surface area contributed by atoms with Gasteiger partial charge in [-0.25, -0.2) is 0 Å². The summed E-state index contributed by atoms with van der Waals surface area (Å²) in [6.07, 6.45) is 0. The molecule has 0 spiro atoms. The van der Waals surface area contributed by atoms with Gasteiger partial charge in [-0.3, -0.25) is 0 Å². The average Bonchev–Trinajstić information content (AvgIpc) is 2.65. The van der Waals surface area contributed by atoms with Crippen LogP contribution < -0.4 is 10.6 Å². The van der Waals surface area contributed by atoms with E-state index in [1.54, 1.807) is 0 Å². The first kappa shape index (κ1) is 19.0. The minimum Gasteiger partial charge on any atom is -0.383 e. The first-order valence-corrected chi connectivity index (χ1v) is 9.81. The number of hydrogen-bond acceptors (Lipinski definition) is 2. The molecule has 0 radical (unpaired) electrons. The molecule has 0 aliphatic heterocycles. The van der Waals surface area contributed by atoms with E-state index < -0.39 is 0 Å². The summed E-state index contributed by atoms with van der Waals surface area (Å²) in [5.41, 5.74) is 6.25. The predicted octanol–water partition coefficient (Wildman–Crippen LogP) is 6.51. The Morgan fingerprint density at radius 1 is 0.481 bits per heavy atom. The topological polar surface area (TPSA) is 24.1 Å². The van der Waals surface area contributed by atoms with Crippen LogP contribution in [0.2, 0.25) is 0 Å². The van der Waals surface area contributed by atoms with Gasteiger partial charge in [0.25, 0.3) is 0 Å². The largest absolute Gasteiger partial charge is 0.383 e. The van der Waals surface area contributed by atoms with Crippen molar-refractivity contribution in [3.8, 4) is 0 Å². The van der Waals surface area contributed by atoms with Crippen molar-refractivity contribution in [1.82, 2.24) is 0 Å². The Balaban J connectivity index is 1.94. The van der Waals surface area contributed by atoms with Crippen LogP contribution in [0.3, 0.4) is 0 Å². The molecule has 0 saturated heterocycles. The van der Waals surface area contributed by atoms with Gasteiger partial charge in [0, 0.05) is 29.4 Å². The average molecular weight is 359 g/mol. The summed E-state index contributed by atoms with van der Waals surface area (Å²) in [7, 11) is 0. The zero-order valence-corrected chi connectivity index (χ0v) is 16.7. The highest BCUT2D eigenvalue weighted by molar-refractivity contribution is 5.52. The van der Waals surface area contributed by atoms with E-state index in [1.165, 1.54) is 16.7 Å². The number of rotatable bonds is 7. The molecule has 140 valence electrons. The van der Waals surface area contributed by atoms with Crippen molar-refractivity contribution in [1.29, 1.82) is 0 Å². The Morgan fingerprint density at radius 3 is 1.22 bits per heavy atom. The fraction of sp³-hybridized carbons (Fsp3) is 0.280. The van der Waals surface area contributed by atoms with Crippen molar-refractivity contribution >= 4 is 11.4 Å². The monoisotopic (exact) mass is 358 g/mol. The Morgan fingerprint density at radius 2 is 0.852 bits per heavy atom. The van der Waals surface area contributed by atoms with Crippen LogP contribution >= 0.6 is 0 Å². The second-order valence-corrected chi connectivity index (χ2v) is 7.69. The van der Waals surface area contributed by atoms with Crippen molar-refractivity contribution in [2.75, 3.05) is 10.6 Å². The quantitative estimate of drug-likeness (QED) is 0.471. The molecule has 0 bridgehead atoms. The van der Waals surface area contributed by atoms with E-state index in [2.05, 4.69) is 117 Å². The SMILES string of the molecule is CC(C)Nc1ccc(C(c2ccccc2)c2ccc(NC(C)C)cc2)cc1. The van der Waals surface area contributed by atoms with Gasteiger partial charge in [0.1, 0.15) is 0 Å². The molecule has 27 heavy (non-hydrogen) atoms. The van der Waals surface area contributed by atoms with Gasteiger partial charge in [-0.1, -0.05) is 54.6 Å². The van der Waals surface area contributed by atoms with Crippen LogP contribution in [0, 0.1) is 0 Å². The molecule has 0 aliphatic rings. The molecular weight excluding hydrogens is 328 g/mol. The van der Waals surface area contributed by atoms with Gasteiger partial charge in [-0.2, -0.15) is 0 Å². The van der Waals surface area contributed by atoms with Crippen molar-refractivity contribution < 1.29 is 0 Å². The normalized spacial score (nSPS) is 11.2. The van der Waals surface area contributed by atoms with E-state index in [0.717, 1.165) is 11.4 Å². The molecule has 3 aromatic rings. The highest BCUT2D eigenvalue weighted by Gasteiger charge is 2.16. The molecule has 0 unspecified atom stereocenters.